The third kappa shape index (κ3) is 2.87. The quantitative estimate of drug-likeness (QED) is 0.912. The van der Waals surface area contributed by atoms with Gasteiger partial charge < -0.3 is 9.88 Å². The summed E-state index contributed by atoms with van der Waals surface area (Å²) in [6, 6.07) is 6.61. The lowest BCUT2D eigenvalue weighted by Crippen LogP contribution is -2.48. The Morgan fingerprint density at radius 2 is 1.86 bits per heavy atom. The molecule has 112 valence electrons. The summed E-state index contributed by atoms with van der Waals surface area (Å²) in [5.41, 5.74) is 0.764. The van der Waals surface area contributed by atoms with Crippen molar-refractivity contribution >= 4 is 27.0 Å². The lowest BCUT2D eigenvalue weighted by Gasteiger charge is -2.34. The topological polar surface area (TPSA) is 73.5 Å². The minimum atomic E-state index is -3.36. The molecule has 0 unspecified atom stereocenters. The molecule has 0 atom stereocenters. The molecule has 1 fully saturated rings. The summed E-state index contributed by atoms with van der Waals surface area (Å²) in [5, 5.41) is 1.77. The highest BCUT2D eigenvalue weighted by atomic mass is 32.2. The second-order valence-electron chi connectivity index (χ2n) is 4.73. The number of H-pyrrole nitrogens is 1. The van der Waals surface area contributed by atoms with Gasteiger partial charge in [-0.15, -0.1) is 11.3 Å². The molecule has 3 heterocycles. The highest BCUT2D eigenvalue weighted by molar-refractivity contribution is 7.91. The monoisotopic (exact) mass is 325 g/mol. The SMILES string of the molecule is O=c1ccc(N2CCN(S(=O)(=O)c3cccs3)CC2)c[nH]1. The second-order valence-corrected chi connectivity index (χ2v) is 7.85. The van der Waals surface area contributed by atoms with Gasteiger partial charge in [-0.1, -0.05) is 6.07 Å². The average Bonchev–Trinajstić information content (AvgIpc) is 3.03. The minimum absolute atomic E-state index is 0.141. The summed E-state index contributed by atoms with van der Waals surface area (Å²) >= 11 is 1.24. The molecule has 0 radical (unpaired) electrons. The molecule has 2 aromatic rings. The number of pyridine rings is 1. The first kappa shape index (κ1) is 14.3. The van der Waals surface area contributed by atoms with Crippen LogP contribution in [0.25, 0.3) is 0 Å². The van der Waals surface area contributed by atoms with Gasteiger partial charge >= 0.3 is 0 Å². The van der Waals surface area contributed by atoms with Crippen LogP contribution in [-0.4, -0.2) is 43.9 Å². The van der Waals surface area contributed by atoms with E-state index in [1.807, 2.05) is 0 Å². The summed E-state index contributed by atoms with van der Waals surface area (Å²) in [7, 11) is -3.36. The van der Waals surface area contributed by atoms with Crippen LogP contribution in [-0.2, 0) is 10.0 Å². The van der Waals surface area contributed by atoms with Gasteiger partial charge in [-0.05, 0) is 17.5 Å². The predicted octanol–water partition coefficient (Wildman–Crippen LogP) is 0.947. The normalized spacial score (nSPS) is 17.0. The number of sulfonamides is 1. The highest BCUT2D eigenvalue weighted by Gasteiger charge is 2.29. The van der Waals surface area contributed by atoms with Crippen LogP contribution in [0.5, 0.6) is 0 Å². The van der Waals surface area contributed by atoms with Gasteiger partial charge in [0.25, 0.3) is 10.0 Å². The van der Waals surface area contributed by atoms with Gasteiger partial charge in [0, 0.05) is 38.4 Å². The van der Waals surface area contributed by atoms with Crippen LogP contribution in [0.2, 0.25) is 0 Å². The van der Waals surface area contributed by atoms with E-state index in [4.69, 9.17) is 0 Å². The third-order valence-electron chi connectivity index (χ3n) is 3.46. The minimum Gasteiger partial charge on any atom is -0.368 e. The van der Waals surface area contributed by atoms with Crippen molar-refractivity contribution < 1.29 is 8.42 Å². The molecule has 0 saturated carbocycles. The largest absolute Gasteiger partial charge is 0.368 e. The Bertz CT molecular complexity index is 740. The summed E-state index contributed by atoms with van der Waals surface area (Å²) in [4.78, 5) is 15.8. The van der Waals surface area contributed by atoms with E-state index in [1.54, 1.807) is 29.8 Å². The van der Waals surface area contributed by atoms with Crippen LogP contribution in [0.3, 0.4) is 0 Å². The molecule has 2 aromatic heterocycles. The van der Waals surface area contributed by atoms with Gasteiger partial charge in [0.2, 0.25) is 5.56 Å². The number of piperazine rings is 1. The maximum absolute atomic E-state index is 12.4. The number of aromatic amines is 1. The lowest BCUT2D eigenvalue weighted by atomic mass is 10.3. The van der Waals surface area contributed by atoms with E-state index in [9.17, 15) is 13.2 Å². The molecule has 21 heavy (non-hydrogen) atoms. The molecular formula is C13H15N3O3S2. The molecule has 1 aliphatic heterocycles. The predicted molar refractivity (Wildman–Crippen MR) is 82.4 cm³/mol. The summed E-state index contributed by atoms with van der Waals surface area (Å²) < 4.78 is 26.7. The smallest absolute Gasteiger partial charge is 0.252 e. The maximum atomic E-state index is 12.4. The first-order valence-corrected chi connectivity index (χ1v) is 8.87. The van der Waals surface area contributed by atoms with Crippen molar-refractivity contribution in [3.05, 3.63) is 46.2 Å². The van der Waals surface area contributed by atoms with Crippen LogP contribution in [0.4, 0.5) is 5.69 Å². The van der Waals surface area contributed by atoms with E-state index in [0.717, 1.165) is 5.69 Å². The third-order valence-corrected chi connectivity index (χ3v) is 6.73. The molecule has 1 saturated heterocycles. The number of nitrogens with one attached hydrogen (secondary N) is 1. The first-order valence-electron chi connectivity index (χ1n) is 6.55. The van der Waals surface area contributed by atoms with E-state index < -0.39 is 10.0 Å². The molecule has 0 aromatic carbocycles. The van der Waals surface area contributed by atoms with Crippen LogP contribution in [0, 0.1) is 0 Å². The van der Waals surface area contributed by atoms with Crippen LogP contribution >= 0.6 is 11.3 Å². The average molecular weight is 325 g/mol. The number of thiophene rings is 1. The molecule has 1 aliphatic rings. The Morgan fingerprint density at radius 1 is 1.10 bits per heavy atom. The molecule has 3 rings (SSSR count). The Balaban J connectivity index is 1.71. The Kier molecular flexibility index (Phi) is 3.83. The van der Waals surface area contributed by atoms with Gasteiger partial charge in [-0.3, -0.25) is 4.79 Å². The van der Waals surface area contributed by atoms with Crippen LogP contribution < -0.4 is 10.5 Å². The molecule has 0 amide bonds. The van der Waals surface area contributed by atoms with E-state index >= 15 is 0 Å². The van der Waals surface area contributed by atoms with Crippen molar-refractivity contribution in [1.29, 1.82) is 0 Å². The second kappa shape index (κ2) is 5.63. The molecule has 0 bridgehead atoms. The molecule has 6 nitrogen and oxygen atoms in total. The summed E-state index contributed by atoms with van der Waals surface area (Å²) in [5.74, 6) is 0. The number of aromatic nitrogens is 1. The van der Waals surface area contributed by atoms with Crippen molar-refractivity contribution in [3.8, 4) is 0 Å². The zero-order chi connectivity index (χ0) is 14.9. The fourth-order valence-electron chi connectivity index (χ4n) is 2.32. The van der Waals surface area contributed by atoms with Crippen LogP contribution in [0.1, 0.15) is 0 Å². The van der Waals surface area contributed by atoms with E-state index in [0.29, 0.717) is 30.4 Å². The Labute approximate surface area is 126 Å². The van der Waals surface area contributed by atoms with E-state index in [2.05, 4.69) is 9.88 Å². The van der Waals surface area contributed by atoms with Gasteiger partial charge in [0.15, 0.2) is 0 Å². The van der Waals surface area contributed by atoms with Crippen molar-refractivity contribution in [2.24, 2.45) is 0 Å². The number of nitrogens with zero attached hydrogens (tertiary/aromatic N) is 2. The molecule has 0 spiro atoms. The summed E-state index contributed by atoms with van der Waals surface area (Å²) in [6.07, 6.45) is 1.66. The van der Waals surface area contributed by atoms with E-state index in [1.165, 1.54) is 21.7 Å². The van der Waals surface area contributed by atoms with Gasteiger partial charge in [-0.25, -0.2) is 8.42 Å². The fourth-order valence-corrected chi connectivity index (χ4v) is 4.89. The lowest BCUT2D eigenvalue weighted by molar-refractivity contribution is 0.386. The van der Waals surface area contributed by atoms with Crippen molar-refractivity contribution in [2.75, 3.05) is 31.1 Å². The number of rotatable bonds is 3. The first-order chi connectivity index (χ1) is 10.1. The number of hydrogen-bond acceptors (Lipinski definition) is 5. The number of anilines is 1. The fraction of sp³-hybridized carbons (Fsp3) is 0.308. The standard InChI is InChI=1S/C13H15N3O3S2/c17-12-4-3-11(10-14-12)15-5-7-16(8-6-15)21(18,19)13-2-1-9-20-13/h1-4,9-10H,5-8H2,(H,14,17). The maximum Gasteiger partial charge on any atom is 0.252 e. The summed E-state index contributed by atoms with van der Waals surface area (Å²) in [6.45, 7) is 2.10. The zero-order valence-electron chi connectivity index (χ0n) is 11.2. The molecule has 8 heteroatoms. The van der Waals surface area contributed by atoms with Crippen molar-refractivity contribution in [3.63, 3.8) is 0 Å². The molecule has 1 N–H and O–H groups in total. The Hall–Kier alpha value is -1.64. The zero-order valence-corrected chi connectivity index (χ0v) is 12.9. The van der Waals surface area contributed by atoms with Gasteiger partial charge in [0.05, 0.1) is 5.69 Å². The van der Waals surface area contributed by atoms with Crippen molar-refractivity contribution in [1.82, 2.24) is 9.29 Å². The molecular weight excluding hydrogens is 310 g/mol. The Morgan fingerprint density at radius 3 is 2.43 bits per heavy atom. The van der Waals surface area contributed by atoms with E-state index in [-0.39, 0.29) is 5.56 Å². The highest BCUT2D eigenvalue weighted by Crippen LogP contribution is 2.23. The molecule has 0 aliphatic carbocycles. The number of hydrogen-bond donors (Lipinski definition) is 1. The van der Waals surface area contributed by atoms with Crippen molar-refractivity contribution in [2.45, 2.75) is 4.21 Å². The van der Waals surface area contributed by atoms with Crippen LogP contribution in [0.15, 0.2) is 44.8 Å². The van der Waals surface area contributed by atoms with Gasteiger partial charge in [-0.2, -0.15) is 4.31 Å². The van der Waals surface area contributed by atoms with Gasteiger partial charge in [0.1, 0.15) is 4.21 Å².